The van der Waals surface area contributed by atoms with Gasteiger partial charge < -0.3 is 5.32 Å². The number of hydrogen-bond acceptors (Lipinski definition) is 4. The van der Waals surface area contributed by atoms with Crippen molar-refractivity contribution in [2.45, 2.75) is 27.3 Å². The van der Waals surface area contributed by atoms with Crippen LogP contribution < -0.4 is 5.32 Å². The molecule has 0 fully saturated rings. The second kappa shape index (κ2) is 6.15. The van der Waals surface area contributed by atoms with Gasteiger partial charge in [0.05, 0.1) is 21.3 Å². The van der Waals surface area contributed by atoms with Gasteiger partial charge in [0, 0.05) is 17.8 Å². The van der Waals surface area contributed by atoms with E-state index in [1.165, 1.54) is 22.9 Å². The van der Waals surface area contributed by atoms with E-state index in [0.29, 0.717) is 22.0 Å². The zero-order valence-electron chi connectivity index (χ0n) is 12.4. The smallest absolute Gasteiger partial charge is 0.269 e. The number of anilines is 1. The number of carbonyl (C=O) groups excluding carboxylic acids is 1. The number of non-ortho nitro benzene ring substituents is 1. The predicted molar refractivity (Wildman–Crippen MR) is 83.2 cm³/mol. The molecule has 2 rings (SSSR count). The second-order valence-corrected chi connectivity index (χ2v) is 5.32. The van der Waals surface area contributed by atoms with Gasteiger partial charge in [-0.2, -0.15) is 5.10 Å². The number of nitro benzene ring substituents is 1. The van der Waals surface area contributed by atoms with E-state index in [1.54, 1.807) is 20.8 Å². The Kier molecular flexibility index (Phi) is 4.46. The number of aryl methyl sites for hydroxylation is 2. The molecule has 0 bridgehead atoms. The van der Waals surface area contributed by atoms with Gasteiger partial charge in [-0.3, -0.25) is 19.6 Å². The highest BCUT2D eigenvalue weighted by atomic mass is 35.5. The summed E-state index contributed by atoms with van der Waals surface area (Å²) in [5.41, 5.74) is 2.52. The number of amides is 1. The second-order valence-electron chi connectivity index (χ2n) is 4.95. The minimum absolute atomic E-state index is 0.0131. The van der Waals surface area contributed by atoms with Gasteiger partial charge in [0.25, 0.3) is 5.69 Å². The van der Waals surface area contributed by atoms with Crippen molar-refractivity contribution in [3.63, 3.8) is 0 Å². The first-order valence-corrected chi connectivity index (χ1v) is 6.91. The highest BCUT2D eigenvalue weighted by molar-refractivity contribution is 6.31. The summed E-state index contributed by atoms with van der Waals surface area (Å²) in [7, 11) is 0. The molecule has 1 aromatic heterocycles. The van der Waals surface area contributed by atoms with Crippen LogP contribution in [-0.2, 0) is 11.3 Å². The van der Waals surface area contributed by atoms with Gasteiger partial charge in [0.2, 0.25) is 5.91 Å². The topological polar surface area (TPSA) is 90.1 Å². The SMILES string of the molecule is Cc1cc([N+](=O)[O-])ccc1NC(=O)Cn1nc(C)c(Cl)c1C. The molecule has 2 aromatic rings. The molecule has 0 saturated carbocycles. The summed E-state index contributed by atoms with van der Waals surface area (Å²) >= 11 is 6.04. The van der Waals surface area contributed by atoms with Gasteiger partial charge in [-0.05, 0) is 32.4 Å². The average Bonchev–Trinajstić information content (AvgIpc) is 2.68. The van der Waals surface area contributed by atoms with Crippen molar-refractivity contribution in [2.75, 3.05) is 5.32 Å². The van der Waals surface area contributed by atoms with Crippen LogP contribution in [0.15, 0.2) is 18.2 Å². The molecule has 22 heavy (non-hydrogen) atoms. The molecular formula is C14H15ClN4O3. The third-order valence-corrected chi connectivity index (χ3v) is 3.83. The van der Waals surface area contributed by atoms with Gasteiger partial charge >= 0.3 is 0 Å². The lowest BCUT2D eigenvalue weighted by atomic mass is 10.2. The fourth-order valence-electron chi connectivity index (χ4n) is 2.06. The molecule has 0 radical (unpaired) electrons. The lowest BCUT2D eigenvalue weighted by Crippen LogP contribution is -2.20. The predicted octanol–water partition coefficient (Wildman–Crippen LogP) is 3.01. The molecule has 1 aromatic carbocycles. The highest BCUT2D eigenvalue weighted by Crippen LogP contribution is 2.22. The summed E-state index contributed by atoms with van der Waals surface area (Å²) in [6.07, 6.45) is 0. The molecule has 0 atom stereocenters. The van der Waals surface area contributed by atoms with Gasteiger partial charge in [-0.15, -0.1) is 0 Å². The number of hydrogen-bond donors (Lipinski definition) is 1. The molecule has 1 heterocycles. The zero-order valence-corrected chi connectivity index (χ0v) is 13.1. The monoisotopic (exact) mass is 322 g/mol. The first-order valence-electron chi connectivity index (χ1n) is 6.54. The van der Waals surface area contributed by atoms with Crippen LogP contribution in [0.1, 0.15) is 17.0 Å². The molecule has 116 valence electrons. The number of nitrogens with one attached hydrogen (secondary N) is 1. The molecule has 0 aliphatic rings. The number of halogens is 1. The summed E-state index contributed by atoms with van der Waals surface area (Å²) < 4.78 is 1.52. The largest absolute Gasteiger partial charge is 0.324 e. The Bertz CT molecular complexity index is 755. The van der Waals surface area contributed by atoms with Crippen LogP contribution in [0.3, 0.4) is 0 Å². The van der Waals surface area contributed by atoms with Crippen LogP contribution in [0.5, 0.6) is 0 Å². The highest BCUT2D eigenvalue weighted by Gasteiger charge is 2.14. The molecule has 8 heteroatoms. The normalized spacial score (nSPS) is 10.5. The van der Waals surface area contributed by atoms with Crippen molar-refractivity contribution in [3.8, 4) is 0 Å². The fraction of sp³-hybridized carbons (Fsp3) is 0.286. The summed E-state index contributed by atoms with van der Waals surface area (Å²) in [6, 6.07) is 4.28. The molecule has 0 saturated heterocycles. The average molecular weight is 323 g/mol. The maximum atomic E-state index is 12.1. The van der Waals surface area contributed by atoms with E-state index < -0.39 is 4.92 Å². The van der Waals surface area contributed by atoms with E-state index in [4.69, 9.17) is 11.6 Å². The van der Waals surface area contributed by atoms with Gasteiger partial charge in [-0.1, -0.05) is 11.6 Å². The zero-order chi connectivity index (χ0) is 16.4. The van der Waals surface area contributed by atoms with Crippen LogP contribution in [0.4, 0.5) is 11.4 Å². The molecule has 0 aliphatic carbocycles. The van der Waals surface area contributed by atoms with Crippen molar-refractivity contribution in [1.29, 1.82) is 0 Å². The minimum atomic E-state index is -0.476. The Balaban J connectivity index is 2.12. The fourth-order valence-corrected chi connectivity index (χ4v) is 2.19. The van der Waals surface area contributed by atoms with Gasteiger partial charge in [0.15, 0.2) is 0 Å². The Morgan fingerprint density at radius 1 is 1.41 bits per heavy atom. The molecule has 0 unspecified atom stereocenters. The number of benzene rings is 1. The minimum Gasteiger partial charge on any atom is -0.324 e. The van der Waals surface area contributed by atoms with Crippen molar-refractivity contribution in [2.24, 2.45) is 0 Å². The quantitative estimate of drug-likeness (QED) is 0.692. The van der Waals surface area contributed by atoms with Crippen molar-refractivity contribution in [3.05, 3.63) is 50.3 Å². The maximum Gasteiger partial charge on any atom is 0.269 e. The van der Waals surface area contributed by atoms with Crippen LogP contribution in [0.2, 0.25) is 5.02 Å². The van der Waals surface area contributed by atoms with E-state index in [-0.39, 0.29) is 18.1 Å². The van der Waals surface area contributed by atoms with E-state index in [9.17, 15) is 14.9 Å². The maximum absolute atomic E-state index is 12.1. The molecule has 7 nitrogen and oxygen atoms in total. The lowest BCUT2D eigenvalue weighted by molar-refractivity contribution is -0.384. The van der Waals surface area contributed by atoms with E-state index in [1.807, 2.05) is 0 Å². The molecule has 0 spiro atoms. The first-order chi connectivity index (χ1) is 10.3. The third-order valence-electron chi connectivity index (χ3n) is 3.28. The van der Waals surface area contributed by atoms with Crippen molar-refractivity contribution >= 4 is 28.9 Å². The van der Waals surface area contributed by atoms with Crippen molar-refractivity contribution in [1.82, 2.24) is 9.78 Å². The van der Waals surface area contributed by atoms with E-state index in [2.05, 4.69) is 10.4 Å². The standard InChI is InChI=1S/C14H15ClN4O3/c1-8-6-11(19(21)22)4-5-12(8)16-13(20)7-18-10(3)14(15)9(2)17-18/h4-6H,7H2,1-3H3,(H,16,20). The van der Waals surface area contributed by atoms with Gasteiger partial charge in [-0.25, -0.2) is 0 Å². The number of aromatic nitrogens is 2. The van der Waals surface area contributed by atoms with Gasteiger partial charge in [0.1, 0.15) is 6.54 Å². The van der Waals surface area contributed by atoms with E-state index in [0.717, 1.165) is 5.69 Å². The van der Waals surface area contributed by atoms with Crippen LogP contribution in [0.25, 0.3) is 0 Å². The Morgan fingerprint density at radius 2 is 2.09 bits per heavy atom. The number of nitrogens with zero attached hydrogens (tertiary/aromatic N) is 3. The summed E-state index contributed by atoms with van der Waals surface area (Å²) in [5.74, 6) is -0.279. The molecule has 1 N–H and O–H groups in total. The summed E-state index contributed by atoms with van der Waals surface area (Å²) in [5, 5.41) is 18.1. The Labute approximate surface area is 132 Å². The summed E-state index contributed by atoms with van der Waals surface area (Å²) in [6.45, 7) is 5.27. The van der Waals surface area contributed by atoms with Crippen LogP contribution in [0, 0.1) is 30.9 Å². The number of rotatable bonds is 4. The Hall–Kier alpha value is -2.41. The molecule has 1 amide bonds. The lowest BCUT2D eigenvalue weighted by Gasteiger charge is -2.09. The number of nitro groups is 1. The molecular weight excluding hydrogens is 308 g/mol. The number of carbonyl (C=O) groups is 1. The van der Waals surface area contributed by atoms with Crippen molar-refractivity contribution < 1.29 is 9.72 Å². The third kappa shape index (κ3) is 3.25. The van der Waals surface area contributed by atoms with Crippen LogP contribution >= 0.6 is 11.6 Å². The Morgan fingerprint density at radius 3 is 2.59 bits per heavy atom. The van der Waals surface area contributed by atoms with E-state index >= 15 is 0 Å². The molecule has 0 aliphatic heterocycles. The summed E-state index contributed by atoms with van der Waals surface area (Å²) in [4.78, 5) is 22.3. The van der Waals surface area contributed by atoms with Crippen LogP contribution in [-0.4, -0.2) is 20.6 Å². The first kappa shape index (κ1) is 16.0.